The highest BCUT2D eigenvalue weighted by molar-refractivity contribution is 7.79. The van der Waals surface area contributed by atoms with Crippen molar-refractivity contribution in [3.05, 3.63) is 10.0 Å². The normalized spacial score (nSPS) is 9.91. The monoisotopic (exact) mass is 188 g/mol. The van der Waals surface area contributed by atoms with Gasteiger partial charge in [0.15, 0.2) is 0 Å². The van der Waals surface area contributed by atoms with Crippen LogP contribution >= 0.6 is 23.6 Å². The van der Waals surface area contributed by atoms with Crippen molar-refractivity contribution in [3.63, 3.8) is 0 Å². The van der Waals surface area contributed by atoms with E-state index in [4.69, 9.17) is 17.0 Å². The third-order valence-electron chi connectivity index (χ3n) is 1.03. The second-order valence-electron chi connectivity index (χ2n) is 1.89. The summed E-state index contributed by atoms with van der Waals surface area (Å²) in [5.41, 5.74) is 0. The summed E-state index contributed by atoms with van der Waals surface area (Å²) < 4.78 is 4.89. The molecule has 0 fully saturated rings. The summed E-state index contributed by atoms with van der Waals surface area (Å²) in [4.78, 5) is 0. The van der Waals surface area contributed by atoms with E-state index in [-0.39, 0.29) is 0 Å². The van der Waals surface area contributed by atoms with E-state index < -0.39 is 0 Å². The van der Waals surface area contributed by atoms with Crippen LogP contribution in [0.15, 0.2) is 0 Å². The Morgan fingerprint density at radius 2 is 2.27 bits per heavy atom. The zero-order valence-electron chi connectivity index (χ0n) is 6.11. The lowest BCUT2D eigenvalue weighted by molar-refractivity contribution is 0.184. The Morgan fingerprint density at radius 3 is 2.91 bits per heavy atom. The maximum Gasteiger partial charge on any atom is 0.143 e. The molecule has 0 bridgehead atoms. The van der Waals surface area contributed by atoms with Gasteiger partial charge in [-0.1, -0.05) is 23.6 Å². The largest absolute Gasteiger partial charge is 0.377 e. The van der Waals surface area contributed by atoms with Crippen molar-refractivity contribution in [2.75, 3.05) is 7.11 Å². The first kappa shape index (κ1) is 8.70. The fourth-order valence-electron chi connectivity index (χ4n) is 0.624. The van der Waals surface area contributed by atoms with Gasteiger partial charge in [-0.15, -0.1) is 10.2 Å². The molecule has 0 spiro atoms. The molecule has 0 aromatic carbocycles. The molecular formula is C6H8N2OS2. The third-order valence-corrected chi connectivity index (χ3v) is 2.12. The van der Waals surface area contributed by atoms with E-state index in [9.17, 15) is 0 Å². The molecule has 60 valence electrons. The topological polar surface area (TPSA) is 35.0 Å². The number of rotatable bonds is 4. The lowest BCUT2D eigenvalue weighted by Gasteiger charge is -1.87. The molecule has 0 radical (unpaired) electrons. The number of hydrogen-bond donors (Lipinski definition) is 0. The van der Waals surface area contributed by atoms with Crippen LogP contribution in [-0.2, 0) is 17.8 Å². The number of hydrogen-bond acceptors (Lipinski definition) is 5. The lowest BCUT2D eigenvalue weighted by Crippen LogP contribution is -1.84. The molecule has 0 aliphatic rings. The zero-order valence-corrected chi connectivity index (χ0v) is 7.74. The van der Waals surface area contributed by atoms with Crippen LogP contribution in [0.1, 0.15) is 10.0 Å². The molecule has 1 aromatic heterocycles. The lowest BCUT2D eigenvalue weighted by atomic mass is 10.5. The molecule has 1 aromatic rings. The predicted molar refractivity (Wildman–Crippen MR) is 48.0 cm³/mol. The molecule has 0 aliphatic carbocycles. The van der Waals surface area contributed by atoms with Gasteiger partial charge in [-0.05, 0) is 5.37 Å². The van der Waals surface area contributed by atoms with Crippen molar-refractivity contribution < 1.29 is 4.74 Å². The van der Waals surface area contributed by atoms with Crippen molar-refractivity contribution in [2.45, 2.75) is 13.0 Å². The van der Waals surface area contributed by atoms with Crippen LogP contribution in [0.2, 0.25) is 0 Å². The quantitative estimate of drug-likeness (QED) is 0.666. The van der Waals surface area contributed by atoms with Gasteiger partial charge < -0.3 is 4.74 Å². The van der Waals surface area contributed by atoms with Crippen LogP contribution < -0.4 is 0 Å². The van der Waals surface area contributed by atoms with Gasteiger partial charge in [0.05, 0.1) is 6.61 Å². The third kappa shape index (κ3) is 2.61. The minimum Gasteiger partial charge on any atom is -0.377 e. The van der Waals surface area contributed by atoms with Gasteiger partial charge in [0, 0.05) is 13.5 Å². The smallest absolute Gasteiger partial charge is 0.143 e. The molecule has 0 amide bonds. The Balaban J connectivity index is 2.57. The first-order chi connectivity index (χ1) is 5.36. The maximum absolute atomic E-state index is 4.89. The highest BCUT2D eigenvalue weighted by Crippen LogP contribution is 2.09. The first-order valence-electron chi connectivity index (χ1n) is 3.10. The van der Waals surface area contributed by atoms with E-state index in [1.165, 1.54) is 11.3 Å². The van der Waals surface area contributed by atoms with Crippen LogP contribution in [0.5, 0.6) is 0 Å². The maximum atomic E-state index is 4.89. The van der Waals surface area contributed by atoms with Gasteiger partial charge in [-0.25, -0.2) is 0 Å². The number of nitrogens with zero attached hydrogens (tertiary/aromatic N) is 2. The molecule has 11 heavy (non-hydrogen) atoms. The van der Waals surface area contributed by atoms with Crippen LogP contribution in [0.25, 0.3) is 0 Å². The van der Waals surface area contributed by atoms with Gasteiger partial charge in [0.25, 0.3) is 0 Å². The molecule has 1 heterocycles. The average Bonchev–Trinajstić information content (AvgIpc) is 2.38. The highest BCUT2D eigenvalue weighted by atomic mass is 32.1. The molecule has 0 atom stereocenters. The van der Waals surface area contributed by atoms with E-state index in [1.807, 2.05) is 0 Å². The molecule has 0 saturated heterocycles. The van der Waals surface area contributed by atoms with Crippen LogP contribution in [0, 0.1) is 0 Å². The van der Waals surface area contributed by atoms with Crippen molar-refractivity contribution in [1.29, 1.82) is 0 Å². The summed E-state index contributed by atoms with van der Waals surface area (Å²) >= 11 is 6.23. The molecule has 0 unspecified atom stereocenters. The minimum absolute atomic E-state index is 0.537. The van der Waals surface area contributed by atoms with Crippen LogP contribution in [0.3, 0.4) is 0 Å². The predicted octanol–water partition coefficient (Wildman–Crippen LogP) is 1.23. The van der Waals surface area contributed by atoms with E-state index in [0.29, 0.717) is 6.61 Å². The van der Waals surface area contributed by atoms with Crippen molar-refractivity contribution >= 4 is 28.9 Å². The molecule has 0 saturated carbocycles. The molecular weight excluding hydrogens is 180 g/mol. The highest BCUT2D eigenvalue weighted by Gasteiger charge is 2.00. The number of aromatic nitrogens is 2. The molecule has 0 aliphatic heterocycles. The zero-order chi connectivity index (χ0) is 8.10. The van der Waals surface area contributed by atoms with E-state index in [0.717, 1.165) is 16.4 Å². The summed E-state index contributed by atoms with van der Waals surface area (Å²) in [7, 11) is 1.64. The first-order valence-corrected chi connectivity index (χ1v) is 4.39. The second kappa shape index (κ2) is 4.48. The molecule has 5 heteroatoms. The van der Waals surface area contributed by atoms with Crippen molar-refractivity contribution in [3.8, 4) is 0 Å². The van der Waals surface area contributed by atoms with Gasteiger partial charge in [-0.3, -0.25) is 0 Å². The van der Waals surface area contributed by atoms with Crippen molar-refractivity contribution in [1.82, 2.24) is 10.2 Å². The van der Waals surface area contributed by atoms with Gasteiger partial charge in [0.2, 0.25) is 0 Å². The Kier molecular flexibility index (Phi) is 3.55. The Morgan fingerprint density at radius 1 is 1.55 bits per heavy atom. The summed E-state index contributed by atoms with van der Waals surface area (Å²) in [5, 5.41) is 11.3. The van der Waals surface area contributed by atoms with E-state index >= 15 is 0 Å². The molecule has 1 rings (SSSR count). The number of methoxy groups -OCH3 is 1. The van der Waals surface area contributed by atoms with Crippen LogP contribution in [0.4, 0.5) is 0 Å². The van der Waals surface area contributed by atoms with E-state index in [2.05, 4.69) is 10.2 Å². The summed E-state index contributed by atoms with van der Waals surface area (Å²) in [6, 6.07) is 0. The fourth-order valence-corrected chi connectivity index (χ4v) is 1.67. The van der Waals surface area contributed by atoms with Crippen molar-refractivity contribution in [2.24, 2.45) is 0 Å². The van der Waals surface area contributed by atoms with Gasteiger partial charge in [0.1, 0.15) is 10.0 Å². The second-order valence-corrected chi connectivity index (χ2v) is 3.37. The summed E-state index contributed by atoms with van der Waals surface area (Å²) in [6.45, 7) is 0.537. The Labute approximate surface area is 74.4 Å². The SMILES string of the molecule is COCc1nnc(CC=S)s1. The standard InChI is InChI=1S/C6H8N2OS2/c1-9-4-6-8-7-5(11-6)2-3-10/h3H,2,4H2,1H3. The minimum atomic E-state index is 0.537. The summed E-state index contributed by atoms with van der Waals surface area (Å²) in [6.07, 6.45) is 0.719. The van der Waals surface area contributed by atoms with Gasteiger partial charge >= 0.3 is 0 Å². The Hall–Kier alpha value is -0.390. The summed E-state index contributed by atoms with van der Waals surface area (Å²) in [5.74, 6) is 0. The Bertz CT molecular complexity index is 236. The number of thiocarbonyl (C=S) groups is 1. The molecule has 0 N–H and O–H groups in total. The van der Waals surface area contributed by atoms with Crippen LogP contribution in [-0.4, -0.2) is 22.7 Å². The fraction of sp³-hybridized carbons (Fsp3) is 0.500. The number of ether oxygens (including phenoxy) is 1. The van der Waals surface area contributed by atoms with Gasteiger partial charge in [-0.2, -0.15) is 0 Å². The molecule has 3 nitrogen and oxygen atoms in total. The average molecular weight is 188 g/mol. The van der Waals surface area contributed by atoms with E-state index in [1.54, 1.807) is 12.5 Å².